The van der Waals surface area contributed by atoms with Crippen LogP contribution in [0.3, 0.4) is 0 Å². The molecule has 2 aliphatic heterocycles. The molecular weight excluding hydrogens is 496 g/mol. The van der Waals surface area contributed by atoms with E-state index in [1.807, 2.05) is 0 Å². The van der Waals surface area contributed by atoms with Gasteiger partial charge in [0.05, 0.1) is 0 Å². The maximum Gasteiger partial charge on any atom is 0.324 e. The van der Waals surface area contributed by atoms with Crippen molar-refractivity contribution >= 4 is 35.8 Å². The molecule has 2 fully saturated rings. The molecule has 2 saturated heterocycles. The van der Waals surface area contributed by atoms with Crippen LogP contribution in [0, 0.1) is 0 Å². The minimum atomic E-state index is -0.713. The van der Waals surface area contributed by atoms with Crippen LogP contribution in [0.15, 0.2) is 25.3 Å². The monoisotopic (exact) mass is 534 g/mol. The van der Waals surface area contributed by atoms with Crippen molar-refractivity contribution in [2.24, 2.45) is 0 Å². The van der Waals surface area contributed by atoms with Crippen LogP contribution in [-0.4, -0.2) is 84.0 Å². The number of hydrogen-bond acceptors (Lipinski definition) is 8. The third-order valence-corrected chi connectivity index (χ3v) is 6.23. The first-order chi connectivity index (χ1) is 18.3. The van der Waals surface area contributed by atoms with Crippen LogP contribution in [0.5, 0.6) is 0 Å². The highest BCUT2D eigenvalue weighted by Gasteiger charge is 2.38. The average Bonchev–Trinajstić information content (AvgIpc) is 3.33. The first-order valence-corrected chi connectivity index (χ1v) is 13.0. The summed E-state index contributed by atoms with van der Waals surface area (Å²) in [5.74, 6) is -1.54. The van der Waals surface area contributed by atoms with E-state index in [0.29, 0.717) is 25.9 Å². The number of nitrogens with one attached hydrogen (secondary N) is 2. The lowest BCUT2D eigenvalue weighted by molar-refractivity contribution is -0.143. The van der Waals surface area contributed by atoms with Crippen molar-refractivity contribution in [2.45, 2.75) is 76.3 Å². The van der Waals surface area contributed by atoms with Crippen molar-refractivity contribution in [1.29, 1.82) is 0 Å². The van der Waals surface area contributed by atoms with Crippen molar-refractivity contribution in [3.05, 3.63) is 25.3 Å². The highest BCUT2D eigenvalue weighted by atomic mass is 16.5. The van der Waals surface area contributed by atoms with E-state index in [4.69, 9.17) is 9.47 Å². The van der Waals surface area contributed by atoms with Crippen molar-refractivity contribution in [3.8, 4) is 0 Å². The van der Waals surface area contributed by atoms with Gasteiger partial charge in [-0.25, -0.2) is 9.59 Å². The van der Waals surface area contributed by atoms with E-state index in [9.17, 15) is 28.8 Å². The van der Waals surface area contributed by atoms with Crippen molar-refractivity contribution < 1.29 is 38.2 Å². The van der Waals surface area contributed by atoms with Gasteiger partial charge in [-0.15, -0.1) is 0 Å². The fraction of sp³-hybridized carbons (Fsp3) is 0.615. The topological polar surface area (TPSA) is 151 Å². The Morgan fingerprint density at radius 3 is 1.42 bits per heavy atom. The van der Waals surface area contributed by atoms with Gasteiger partial charge < -0.3 is 20.1 Å². The molecule has 0 aromatic carbocycles. The van der Waals surface area contributed by atoms with Crippen molar-refractivity contribution in [1.82, 2.24) is 20.4 Å². The largest absolute Gasteiger partial charge is 0.461 e. The number of carbonyl (C=O) groups is 6. The smallest absolute Gasteiger partial charge is 0.324 e. The SMILES string of the molecule is C=CCOC(=O)CCC1NC(=O)N(CCCCCCCCN2C(=O)NC(CCC(=O)OCC=C)C2=O)C1=O. The minimum Gasteiger partial charge on any atom is -0.461 e. The number of rotatable bonds is 19. The number of amides is 6. The van der Waals surface area contributed by atoms with Gasteiger partial charge >= 0.3 is 24.0 Å². The quantitative estimate of drug-likeness (QED) is 0.111. The van der Waals surface area contributed by atoms with Crippen molar-refractivity contribution in [3.63, 3.8) is 0 Å². The van der Waals surface area contributed by atoms with Crippen LogP contribution in [0.1, 0.15) is 64.2 Å². The van der Waals surface area contributed by atoms with Gasteiger partial charge in [0, 0.05) is 25.9 Å². The molecule has 12 nitrogen and oxygen atoms in total. The molecular formula is C26H38N4O8. The zero-order valence-corrected chi connectivity index (χ0v) is 21.8. The zero-order valence-electron chi connectivity index (χ0n) is 21.8. The Morgan fingerprint density at radius 2 is 1.05 bits per heavy atom. The van der Waals surface area contributed by atoms with Gasteiger partial charge in [-0.3, -0.25) is 29.0 Å². The summed E-state index contributed by atoms with van der Waals surface area (Å²) in [6.45, 7) is 7.77. The molecule has 2 N–H and O–H groups in total. The van der Waals surface area contributed by atoms with Crippen LogP contribution in [-0.2, 0) is 28.7 Å². The molecule has 210 valence electrons. The van der Waals surface area contributed by atoms with Crippen LogP contribution < -0.4 is 10.6 Å². The number of ether oxygens (including phenoxy) is 2. The molecule has 6 amide bonds. The van der Waals surface area contributed by atoms with E-state index >= 15 is 0 Å². The average molecular weight is 535 g/mol. The Labute approximate surface area is 222 Å². The molecule has 0 spiro atoms. The molecule has 2 heterocycles. The second kappa shape index (κ2) is 16.2. The number of nitrogens with zero attached hydrogens (tertiary/aromatic N) is 2. The fourth-order valence-electron chi connectivity index (χ4n) is 4.19. The van der Waals surface area contributed by atoms with E-state index in [0.717, 1.165) is 25.7 Å². The molecule has 0 bridgehead atoms. The fourth-order valence-corrected chi connectivity index (χ4v) is 4.19. The lowest BCUT2D eigenvalue weighted by Crippen LogP contribution is -2.32. The maximum absolute atomic E-state index is 12.4. The number of unbranched alkanes of at least 4 members (excludes halogenated alkanes) is 5. The molecule has 0 aromatic rings. The summed E-state index contributed by atoms with van der Waals surface area (Å²) in [6.07, 6.45) is 8.12. The summed E-state index contributed by atoms with van der Waals surface area (Å²) in [7, 11) is 0. The molecule has 2 aliphatic rings. The van der Waals surface area contributed by atoms with Gasteiger partial charge in [0.15, 0.2) is 0 Å². The first-order valence-electron chi connectivity index (χ1n) is 13.0. The van der Waals surface area contributed by atoms with Gasteiger partial charge in [0.1, 0.15) is 25.3 Å². The Balaban J connectivity index is 1.55. The lowest BCUT2D eigenvalue weighted by Gasteiger charge is -2.13. The van der Waals surface area contributed by atoms with E-state index in [2.05, 4.69) is 23.8 Å². The molecule has 12 heteroatoms. The summed E-state index contributed by atoms with van der Waals surface area (Å²) < 4.78 is 9.76. The number of esters is 2. The van der Waals surface area contributed by atoms with Crippen LogP contribution >= 0.6 is 0 Å². The molecule has 2 unspecified atom stereocenters. The van der Waals surface area contributed by atoms with Gasteiger partial charge in [-0.05, 0) is 25.7 Å². The first kappa shape index (κ1) is 30.5. The third-order valence-electron chi connectivity index (χ3n) is 6.23. The van der Waals surface area contributed by atoms with Gasteiger partial charge in [0.2, 0.25) is 0 Å². The van der Waals surface area contributed by atoms with E-state index < -0.39 is 36.1 Å². The van der Waals surface area contributed by atoms with Crippen LogP contribution in [0.25, 0.3) is 0 Å². The molecule has 2 atom stereocenters. The number of hydrogen-bond donors (Lipinski definition) is 2. The summed E-state index contributed by atoms with van der Waals surface area (Å²) in [4.78, 5) is 74.7. The Morgan fingerprint density at radius 1 is 0.684 bits per heavy atom. The van der Waals surface area contributed by atoms with Crippen LogP contribution in [0.4, 0.5) is 9.59 Å². The summed E-state index contributed by atoms with van der Waals surface area (Å²) >= 11 is 0. The van der Waals surface area contributed by atoms with Crippen LogP contribution in [0.2, 0.25) is 0 Å². The highest BCUT2D eigenvalue weighted by molar-refractivity contribution is 6.04. The second-order valence-corrected chi connectivity index (χ2v) is 9.13. The predicted octanol–water partition coefficient (Wildman–Crippen LogP) is 2.19. The molecule has 0 saturated carbocycles. The van der Waals surface area contributed by atoms with Gasteiger partial charge in [-0.2, -0.15) is 0 Å². The van der Waals surface area contributed by atoms with Gasteiger partial charge in [-0.1, -0.05) is 51.0 Å². The maximum atomic E-state index is 12.4. The van der Waals surface area contributed by atoms with Crippen molar-refractivity contribution in [2.75, 3.05) is 26.3 Å². The Kier molecular flexibility index (Phi) is 13.0. The molecule has 38 heavy (non-hydrogen) atoms. The number of carbonyl (C=O) groups excluding carboxylic acids is 6. The third kappa shape index (κ3) is 9.64. The Bertz CT molecular complexity index is 834. The van der Waals surface area contributed by atoms with E-state index in [1.54, 1.807) is 0 Å². The lowest BCUT2D eigenvalue weighted by atomic mass is 10.1. The summed E-state index contributed by atoms with van der Waals surface area (Å²) in [5, 5.41) is 5.22. The highest BCUT2D eigenvalue weighted by Crippen LogP contribution is 2.16. The number of urea groups is 2. The Hall–Kier alpha value is -3.70. The molecule has 0 aromatic heterocycles. The summed E-state index contributed by atoms with van der Waals surface area (Å²) in [5.41, 5.74) is 0. The molecule has 0 aliphatic carbocycles. The zero-order chi connectivity index (χ0) is 27.9. The normalized spacial score (nSPS) is 18.8. The van der Waals surface area contributed by atoms with E-state index in [-0.39, 0.29) is 50.7 Å². The van der Waals surface area contributed by atoms with E-state index in [1.165, 1.54) is 22.0 Å². The summed E-state index contributed by atoms with van der Waals surface area (Å²) in [6, 6.07) is -2.31. The number of imide groups is 2. The molecule has 2 rings (SSSR count). The van der Waals surface area contributed by atoms with Gasteiger partial charge in [0.25, 0.3) is 11.8 Å². The molecule has 0 radical (unpaired) electrons. The standard InChI is InChI=1S/C26H38N4O8/c1-3-17-37-21(31)13-11-19-23(33)29(25(35)27-19)15-9-7-5-6-8-10-16-30-24(34)20(28-26(30)36)12-14-22(32)38-18-4-2/h3-4,19-20H,1-2,5-18H2,(H,27,35)(H,28,36). The second-order valence-electron chi connectivity index (χ2n) is 9.13. The minimum absolute atomic E-state index is 0.0362. The predicted molar refractivity (Wildman–Crippen MR) is 137 cm³/mol.